The molecule has 0 saturated carbocycles. The Hall–Kier alpha value is -1.55. The fourth-order valence-electron chi connectivity index (χ4n) is 2.62. The number of carbonyl (C=O) groups excluding carboxylic acids is 2. The summed E-state index contributed by atoms with van der Waals surface area (Å²) in [6, 6.07) is -0.199. The van der Waals surface area contributed by atoms with Gasteiger partial charge in [0.05, 0.1) is 19.5 Å². The van der Waals surface area contributed by atoms with Crippen LogP contribution in [0.5, 0.6) is 0 Å². The zero-order valence-corrected chi connectivity index (χ0v) is 15.3. The van der Waals surface area contributed by atoms with Crippen LogP contribution in [0.25, 0.3) is 0 Å². The van der Waals surface area contributed by atoms with Crippen LogP contribution in [0.15, 0.2) is 0 Å². The van der Waals surface area contributed by atoms with E-state index in [-0.39, 0.29) is 31.8 Å². The lowest BCUT2D eigenvalue weighted by Gasteiger charge is -2.36. The van der Waals surface area contributed by atoms with Gasteiger partial charge in [-0.1, -0.05) is 0 Å². The van der Waals surface area contributed by atoms with E-state index < -0.39 is 16.1 Å². The van der Waals surface area contributed by atoms with Crippen LogP contribution in [0, 0.1) is 0 Å². The van der Waals surface area contributed by atoms with Crippen molar-refractivity contribution in [1.82, 2.24) is 14.5 Å². The van der Waals surface area contributed by atoms with E-state index in [1.807, 2.05) is 0 Å². The highest BCUT2D eigenvalue weighted by Crippen LogP contribution is 2.19. The van der Waals surface area contributed by atoms with Gasteiger partial charge in [0.1, 0.15) is 0 Å². The van der Waals surface area contributed by atoms with Crippen LogP contribution in [-0.2, 0) is 19.5 Å². The van der Waals surface area contributed by atoms with E-state index in [1.54, 1.807) is 18.7 Å². The van der Waals surface area contributed by atoms with Crippen LogP contribution in [-0.4, -0.2) is 81.5 Å². The molecule has 24 heavy (non-hydrogen) atoms. The van der Waals surface area contributed by atoms with Crippen molar-refractivity contribution in [3.05, 3.63) is 0 Å². The smallest absolute Gasteiger partial charge is 0.409 e. The molecule has 1 saturated heterocycles. The Morgan fingerprint density at radius 2 is 1.75 bits per heavy atom. The van der Waals surface area contributed by atoms with Gasteiger partial charge in [0.15, 0.2) is 0 Å². The van der Waals surface area contributed by atoms with E-state index in [2.05, 4.69) is 5.32 Å². The fraction of sp³-hybridized carbons (Fsp3) is 0.857. The standard InChI is InChI=1S/C14H27N3O6S/c1-4-22-13(18)15-8-11-17(24(3,20)21)12-6-9-16(10-7-12)14(19)23-5-2/h12H,4-11H2,1-3H3,(H,15,18). The lowest BCUT2D eigenvalue weighted by molar-refractivity contribution is 0.0884. The number of alkyl carbamates (subject to hydrolysis) is 1. The topological polar surface area (TPSA) is 105 Å². The van der Waals surface area contributed by atoms with Gasteiger partial charge < -0.3 is 19.7 Å². The zero-order chi connectivity index (χ0) is 18.2. The molecule has 1 aliphatic heterocycles. The number of ether oxygens (including phenoxy) is 2. The number of carbonyl (C=O) groups is 2. The minimum atomic E-state index is -3.42. The van der Waals surface area contributed by atoms with Gasteiger partial charge in [0.2, 0.25) is 10.0 Å². The number of piperidine rings is 1. The quantitative estimate of drug-likeness (QED) is 0.709. The largest absolute Gasteiger partial charge is 0.450 e. The van der Waals surface area contributed by atoms with Crippen molar-refractivity contribution in [2.45, 2.75) is 32.7 Å². The Morgan fingerprint density at radius 3 is 2.25 bits per heavy atom. The van der Waals surface area contributed by atoms with Crippen molar-refractivity contribution >= 4 is 22.2 Å². The summed E-state index contributed by atoms with van der Waals surface area (Å²) in [5.74, 6) is 0. The monoisotopic (exact) mass is 365 g/mol. The van der Waals surface area contributed by atoms with Crippen LogP contribution >= 0.6 is 0 Å². The minimum Gasteiger partial charge on any atom is -0.450 e. The first-order valence-electron chi connectivity index (χ1n) is 8.08. The number of hydrogen-bond acceptors (Lipinski definition) is 6. The molecule has 1 heterocycles. The molecule has 140 valence electrons. The van der Waals surface area contributed by atoms with Crippen LogP contribution in [0.2, 0.25) is 0 Å². The van der Waals surface area contributed by atoms with E-state index in [9.17, 15) is 18.0 Å². The SMILES string of the molecule is CCOC(=O)NCCN(C1CCN(C(=O)OCC)CC1)S(C)(=O)=O. The fourth-order valence-corrected chi connectivity index (χ4v) is 3.80. The second-order valence-corrected chi connectivity index (χ2v) is 7.37. The Morgan fingerprint density at radius 1 is 1.17 bits per heavy atom. The molecule has 0 atom stereocenters. The van der Waals surface area contributed by atoms with Crippen LogP contribution < -0.4 is 5.32 Å². The highest BCUT2D eigenvalue weighted by molar-refractivity contribution is 7.88. The van der Waals surface area contributed by atoms with Crippen molar-refractivity contribution < 1.29 is 27.5 Å². The van der Waals surface area contributed by atoms with Crippen LogP contribution in [0.4, 0.5) is 9.59 Å². The molecule has 1 N–H and O–H groups in total. The van der Waals surface area contributed by atoms with Gasteiger partial charge in [0, 0.05) is 32.2 Å². The van der Waals surface area contributed by atoms with E-state index in [0.29, 0.717) is 32.5 Å². The molecule has 9 nitrogen and oxygen atoms in total. The summed E-state index contributed by atoms with van der Waals surface area (Å²) in [4.78, 5) is 24.5. The molecular formula is C14H27N3O6S. The van der Waals surface area contributed by atoms with Crippen molar-refractivity contribution in [2.24, 2.45) is 0 Å². The molecule has 0 radical (unpaired) electrons. The number of hydrogen-bond donors (Lipinski definition) is 1. The Kier molecular flexibility index (Phi) is 8.26. The lowest BCUT2D eigenvalue weighted by Crippen LogP contribution is -2.50. The number of amides is 2. The Labute approximate surface area is 143 Å². The van der Waals surface area contributed by atoms with Gasteiger partial charge >= 0.3 is 12.2 Å². The number of sulfonamides is 1. The minimum absolute atomic E-state index is 0.168. The average molecular weight is 365 g/mol. The molecule has 1 aliphatic rings. The van der Waals surface area contributed by atoms with Crippen molar-refractivity contribution in [1.29, 1.82) is 0 Å². The third kappa shape index (κ3) is 6.52. The first-order valence-corrected chi connectivity index (χ1v) is 9.93. The number of nitrogens with one attached hydrogen (secondary N) is 1. The van der Waals surface area contributed by atoms with Crippen molar-refractivity contribution in [3.63, 3.8) is 0 Å². The molecule has 0 aromatic carbocycles. The third-order valence-corrected chi connectivity index (χ3v) is 5.03. The second kappa shape index (κ2) is 9.67. The molecule has 0 aromatic heterocycles. The van der Waals surface area contributed by atoms with E-state index in [1.165, 1.54) is 4.31 Å². The predicted octanol–water partition coefficient (Wildman–Crippen LogP) is 0.615. The molecule has 0 aliphatic carbocycles. The summed E-state index contributed by atoms with van der Waals surface area (Å²) in [5.41, 5.74) is 0. The van der Waals surface area contributed by atoms with Gasteiger partial charge in [0.25, 0.3) is 0 Å². The summed E-state index contributed by atoms with van der Waals surface area (Å²) in [5, 5.41) is 2.52. The summed E-state index contributed by atoms with van der Waals surface area (Å²) in [6.07, 6.45) is 1.28. The normalized spacial score (nSPS) is 16.1. The van der Waals surface area contributed by atoms with E-state index in [0.717, 1.165) is 6.26 Å². The lowest BCUT2D eigenvalue weighted by atomic mass is 10.1. The van der Waals surface area contributed by atoms with E-state index >= 15 is 0 Å². The first kappa shape index (κ1) is 20.5. The summed E-state index contributed by atoms with van der Waals surface area (Å²) >= 11 is 0. The zero-order valence-electron chi connectivity index (χ0n) is 14.5. The van der Waals surface area contributed by atoms with Crippen LogP contribution in [0.1, 0.15) is 26.7 Å². The average Bonchev–Trinajstić information content (AvgIpc) is 2.51. The molecule has 2 amide bonds. The van der Waals surface area contributed by atoms with Gasteiger partial charge in [-0.2, -0.15) is 4.31 Å². The molecule has 1 fully saturated rings. The maximum atomic E-state index is 12.0. The molecule has 1 rings (SSSR count). The van der Waals surface area contributed by atoms with Gasteiger partial charge in [-0.3, -0.25) is 0 Å². The Balaban J connectivity index is 2.55. The second-order valence-electron chi connectivity index (χ2n) is 5.44. The maximum absolute atomic E-state index is 12.0. The highest BCUT2D eigenvalue weighted by Gasteiger charge is 2.31. The molecule has 0 bridgehead atoms. The number of nitrogens with zero attached hydrogens (tertiary/aromatic N) is 2. The summed E-state index contributed by atoms with van der Waals surface area (Å²) in [7, 11) is -3.42. The molecule has 10 heteroatoms. The van der Waals surface area contributed by atoms with E-state index in [4.69, 9.17) is 9.47 Å². The third-order valence-electron chi connectivity index (χ3n) is 3.70. The van der Waals surface area contributed by atoms with Crippen molar-refractivity contribution in [3.8, 4) is 0 Å². The maximum Gasteiger partial charge on any atom is 0.409 e. The molecule has 0 unspecified atom stereocenters. The number of likely N-dealkylation sites (tertiary alicyclic amines) is 1. The molecular weight excluding hydrogens is 338 g/mol. The van der Waals surface area contributed by atoms with Gasteiger partial charge in [-0.05, 0) is 26.7 Å². The number of rotatable bonds is 7. The van der Waals surface area contributed by atoms with Gasteiger partial charge in [-0.25, -0.2) is 18.0 Å². The molecule has 0 spiro atoms. The highest BCUT2D eigenvalue weighted by atomic mass is 32.2. The van der Waals surface area contributed by atoms with Gasteiger partial charge in [-0.15, -0.1) is 0 Å². The summed E-state index contributed by atoms with van der Waals surface area (Å²) < 4.78 is 35.1. The predicted molar refractivity (Wildman–Crippen MR) is 88.2 cm³/mol. The Bertz CT molecular complexity index is 517. The first-order chi connectivity index (χ1) is 11.3. The van der Waals surface area contributed by atoms with Crippen molar-refractivity contribution in [2.75, 3.05) is 45.6 Å². The molecule has 0 aromatic rings. The van der Waals surface area contributed by atoms with Crippen LogP contribution in [0.3, 0.4) is 0 Å². The summed E-state index contributed by atoms with van der Waals surface area (Å²) in [6.45, 7) is 5.24.